The molecular weight excluding hydrogens is 186 g/mol. The predicted molar refractivity (Wildman–Crippen MR) is 48.9 cm³/mol. The van der Waals surface area contributed by atoms with Crippen molar-refractivity contribution in [2.75, 3.05) is 0 Å². The summed E-state index contributed by atoms with van der Waals surface area (Å²) < 4.78 is 5.08. The van der Waals surface area contributed by atoms with Gasteiger partial charge in [-0.2, -0.15) is 0 Å². The van der Waals surface area contributed by atoms with Gasteiger partial charge in [-0.05, 0) is 12.1 Å². The highest BCUT2D eigenvalue weighted by Crippen LogP contribution is 2.04. The van der Waals surface area contributed by atoms with E-state index in [2.05, 4.69) is 4.42 Å². The zero-order valence-electron chi connectivity index (χ0n) is 6.97. The van der Waals surface area contributed by atoms with Crippen molar-refractivity contribution in [2.24, 2.45) is 0 Å². The Hall–Kier alpha value is -2.17. The van der Waals surface area contributed by atoms with E-state index < -0.39 is 11.4 Å². The molecule has 70 valence electrons. The number of benzene rings is 1. The summed E-state index contributed by atoms with van der Waals surface area (Å²) >= 11 is 0. The van der Waals surface area contributed by atoms with Crippen LogP contribution in [0.4, 0.5) is 0 Å². The molecule has 0 amide bonds. The molecule has 14 heavy (non-hydrogen) atoms. The average molecular weight is 191 g/mol. The molecule has 1 heterocycles. The molecule has 0 aliphatic carbocycles. The first kappa shape index (κ1) is 8.43. The van der Waals surface area contributed by atoms with Crippen LogP contribution in [0.2, 0.25) is 0 Å². The van der Waals surface area contributed by atoms with Crippen LogP contribution in [-0.2, 0) is 4.79 Å². The van der Waals surface area contributed by atoms with E-state index in [4.69, 9.17) is 0 Å². The SMILES string of the molecule is O=Cn1c(=O)oc(=O)c2ccccc21. The third kappa shape index (κ3) is 1.06. The van der Waals surface area contributed by atoms with E-state index in [0.717, 1.165) is 4.57 Å². The molecule has 1 aromatic heterocycles. The minimum atomic E-state index is -0.969. The number of hydrogen-bond donors (Lipinski definition) is 0. The van der Waals surface area contributed by atoms with E-state index in [0.29, 0.717) is 6.41 Å². The fourth-order valence-electron chi connectivity index (χ4n) is 1.24. The quantitative estimate of drug-likeness (QED) is 0.594. The second-order valence-electron chi connectivity index (χ2n) is 2.65. The van der Waals surface area contributed by atoms with Crippen molar-refractivity contribution >= 4 is 17.3 Å². The Balaban J connectivity index is 3.13. The zero-order valence-corrected chi connectivity index (χ0v) is 6.97. The first-order valence-electron chi connectivity index (χ1n) is 3.83. The zero-order chi connectivity index (χ0) is 10.1. The molecule has 0 radical (unpaired) electrons. The lowest BCUT2D eigenvalue weighted by Crippen LogP contribution is -2.24. The highest BCUT2D eigenvalue weighted by molar-refractivity contribution is 5.82. The number of nitrogens with zero attached hydrogens (tertiary/aromatic N) is 1. The molecule has 5 nitrogen and oxygen atoms in total. The molecule has 0 N–H and O–H groups in total. The Kier molecular flexibility index (Phi) is 1.78. The lowest BCUT2D eigenvalue weighted by Gasteiger charge is -1.98. The van der Waals surface area contributed by atoms with Gasteiger partial charge in [-0.25, -0.2) is 14.2 Å². The highest BCUT2D eigenvalue weighted by Gasteiger charge is 2.06. The first-order valence-corrected chi connectivity index (χ1v) is 3.83. The number of rotatable bonds is 1. The van der Waals surface area contributed by atoms with Gasteiger partial charge >= 0.3 is 11.4 Å². The van der Waals surface area contributed by atoms with Gasteiger partial charge in [0.05, 0.1) is 10.9 Å². The van der Waals surface area contributed by atoms with Crippen LogP contribution in [0, 0.1) is 0 Å². The number of aromatic nitrogens is 1. The molecule has 0 saturated heterocycles. The Morgan fingerprint density at radius 2 is 1.93 bits per heavy atom. The normalized spacial score (nSPS) is 10.3. The van der Waals surface area contributed by atoms with Gasteiger partial charge in [-0.1, -0.05) is 12.1 Å². The van der Waals surface area contributed by atoms with Crippen LogP contribution in [0.3, 0.4) is 0 Å². The van der Waals surface area contributed by atoms with Gasteiger partial charge in [0.2, 0.25) is 6.41 Å². The van der Waals surface area contributed by atoms with Crippen LogP contribution in [0.5, 0.6) is 0 Å². The maximum Gasteiger partial charge on any atom is 0.429 e. The van der Waals surface area contributed by atoms with Gasteiger partial charge in [0.15, 0.2) is 0 Å². The smallest absolute Gasteiger partial charge is 0.372 e. The Morgan fingerprint density at radius 1 is 1.21 bits per heavy atom. The lowest BCUT2D eigenvalue weighted by atomic mass is 10.2. The second kappa shape index (κ2) is 2.95. The summed E-state index contributed by atoms with van der Waals surface area (Å²) in [7, 11) is 0. The summed E-state index contributed by atoms with van der Waals surface area (Å²) in [6.07, 6.45) is 0.313. The molecule has 2 aromatic rings. The largest absolute Gasteiger partial charge is 0.429 e. The Labute approximate surface area is 77.2 Å². The van der Waals surface area contributed by atoms with E-state index in [-0.39, 0.29) is 10.9 Å². The third-order valence-corrected chi connectivity index (χ3v) is 1.87. The lowest BCUT2D eigenvalue weighted by molar-refractivity contribution is 0.441. The first-order chi connectivity index (χ1) is 6.74. The summed E-state index contributed by atoms with van der Waals surface area (Å²) in [5.74, 6) is -0.969. The predicted octanol–water partition coefficient (Wildman–Crippen LogP) is -0.00700. The van der Waals surface area contributed by atoms with Crippen LogP contribution in [0.15, 0.2) is 38.3 Å². The highest BCUT2D eigenvalue weighted by atomic mass is 16.4. The molecule has 0 aliphatic heterocycles. The molecule has 0 aliphatic rings. The third-order valence-electron chi connectivity index (χ3n) is 1.87. The molecule has 2 rings (SSSR count). The summed E-state index contributed by atoms with van der Waals surface area (Å²) in [6.45, 7) is 0. The molecule has 0 fully saturated rings. The Bertz CT molecular complexity index is 608. The second-order valence-corrected chi connectivity index (χ2v) is 2.65. The topological polar surface area (TPSA) is 69.3 Å². The van der Waals surface area contributed by atoms with Gasteiger partial charge in [0.1, 0.15) is 0 Å². The minimum Gasteiger partial charge on any atom is -0.372 e. The van der Waals surface area contributed by atoms with E-state index in [1.807, 2.05) is 0 Å². The molecule has 0 bridgehead atoms. The van der Waals surface area contributed by atoms with Crippen LogP contribution in [0.1, 0.15) is 0 Å². The molecule has 0 saturated carbocycles. The van der Waals surface area contributed by atoms with Crippen molar-refractivity contribution in [3.05, 3.63) is 45.2 Å². The minimum absolute atomic E-state index is 0.208. The van der Waals surface area contributed by atoms with E-state index >= 15 is 0 Å². The summed E-state index contributed by atoms with van der Waals surface area (Å²) in [5, 5.41) is 0.208. The molecule has 1 aromatic carbocycles. The number of fused-ring (bicyclic) bond motifs is 1. The maximum atomic E-state index is 11.2. The molecular formula is C9H5NO4. The van der Waals surface area contributed by atoms with Crippen molar-refractivity contribution < 1.29 is 9.21 Å². The number of para-hydroxylation sites is 1. The maximum absolute atomic E-state index is 11.2. The van der Waals surface area contributed by atoms with Gasteiger partial charge < -0.3 is 4.42 Å². The van der Waals surface area contributed by atoms with Crippen LogP contribution in [0.25, 0.3) is 10.9 Å². The summed E-state index contributed by atoms with van der Waals surface area (Å²) in [5.41, 5.74) is -0.479. The van der Waals surface area contributed by atoms with Gasteiger partial charge in [-0.15, -0.1) is 0 Å². The average Bonchev–Trinajstić information content (AvgIpc) is 2.18. The molecule has 0 spiro atoms. The summed E-state index contributed by atoms with van der Waals surface area (Å²) in [4.78, 5) is 32.8. The fraction of sp³-hybridized carbons (Fsp3) is 0. The van der Waals surface area contributed by atoms with Crippen molar-refractivity contribution in [3.63, 3.8) is 0 Å². The molecule has 5 heteroatoms. The van der Waals surface area contributed by atoms with E-state index in [9.17, 15) is 14.4 Å². The van der Waals surface area contributed by atoms with Crippen LogP contribution < -0.4 is 11.4 Å². The Morgan fingerprint density at radius 3 is 2.64 bits per heavy atom. The number of carbonyl (C=O) groups is 1. The van der Waals surface area contributed by atoms with Crippen molar-refractivity contribution in [1.82, 2.24) is 4.57 Å². The van der Waals surface area contributed by atoms with Gasteiger partial charge in [0, 0.05) is 0 Å². The van der Waals surface area contributed by atoms with Crippen molar-refractivity contribution in [2.45, 2.75) is 0 Å². The standard InChI is InChI=1S/C9H5NO4/c11-5-10-7-4-2-1-3-6(7)8(12)14-9(10)13/h1-5H. The van der Waals surface area contributed by atoms with Crippen LogP contribution in [-0.4, -0.2) is 11.0 Å². The van der Waals surface area contributed by atoms with Crippen LogP contribution >= 0.6 is 0 Å². The summed E-state index contributed by atoms with van der Waals surface area (Å²) in [6, 6.07) is 6.24. The molecule has 0 atom stereocenters. The van der Waals surface area contributed by atoms with E-state index in [1.54, 1.807) is 12.1 Å². The van der Waals surface area contributed by atoms with Crippen molar-refractivity contribution in [1.29, 1.82) is 0 Å². The van der Waals surface area contributed by atoms with Gasteiger partial charge in [0.25, 0.3) is 0 Å². The number of hydrogen-bond acceptors (Lipinski definition) is 4. The number of carbonyl (C=O) groups excluding carboxylic acids is 1. The fourth-order valence-corrected chi connectivity index (χ4v) is 1.24. The monoisotopic (exact) mass is 191 g/mol. The van der Waals surface area contributed by atoms with E-state index in [1.165, 1.54) is 12.1 Å². The molecule has 0 unspecified atom stereocenters. The van der Waals surface area contributed by atoms with Crippen molar-refractivity contribution in [3.8, 4) is 0 Å². The van der Waals surface area contributed by atoms with Gasteiger partial charge in [-0.3, -0.25) is 4.79 Å².